The third-order valence-electron chi connectivity index (χ3n) is 5.25. The lowest BCUT2D eigenvalue weighted by Gasteiger charge is -2.35. The molecule has 0 spiro atoms. The Bertz CT molecular complexity index is 1030. The van der Waals surface area contributed by atoms with E-state index in [2.05, 4.69) is 10.0 Å². The minimum Gasteiger partial charge on any atom is -0.495 e. The summed E-state index contributed by atoms with van der Waals surface area (Å²) in [5.41, 5.74) is 0.641. The van der Waals surface area contributed by atoms with Gasteiger partial charge in [0.05, 0.1) is 38.4 Å². The number of benzene rings is 2. The molecule has 1 amide bonds. The number of para-hydroxylation sites is 1. The molecule has 0 radical (unpaired) electrons. The fourth-order valence-electron chi connectivity index (χ4n) is 3.65. The van der Waals surface area contributed by atoms with Crippen LogP contribution in [0.4, 0.5) is 4.39 Å². The van der Waals surface area contributed by atoms with Crippen molar-refractivity contribution in [3.63, 3.8) is 0 Å². The average Bonchev–Trinajstić information content (AvgIpc) is 2.78. The van der Waals surface area contributed by atoms with Gasteiger partial charge >= 0.3 is 0 Å². The highest BCUT2D eigenvalue weighted by atomic mass is 32.2. The maximum absolute atomic E-state index is 13.2. The minimum atomic E-state index is -3.91. The highest BCUT2D eigenvalue weighted by Crippen LogP contribution is 2.26. The van der Waals surface area contributed by atoms with Crippen LogP contribution in [0.5, 0.6) is 5.75 Å². The predicted octanol–water partition coefficient (Wildman–Crippen LogP) is 1.73. The van der Waals surface area contributed by atoms with Crippen LogP contribution in [0.2, 0.25) is 0 Å². The summed E-state index contributed by atoms with van der Waals surface area (Å²) in [6, 6.07) is 11.5. The number of methoxy groups -OCH3 is 1. The number of rotatable bonds is 9. The number of amides is 1. The Balaban J connectivity index is 1.55. The smallest absolute Gasteiger partial charge is 0.244 e. The number of nitrogens with one attached hydrogen (secondary N) is 2. The van der Waals surface area contributed by atoms with Gasteiger partial charge in [-0.1, -0.05) is 24.3 Å². The van der Waals surface area contributed by atoms with E-state index in [4.69, 9.17) is 9.47 Å². The molecule has 0 aliphatic carbocycles. The van der Waals surface area contributed by atoms with Gasteiger partial charge < -0.3 is 19.9 Å². The first-order valence-electron chi connectivity index (χ1n) is 10.2. The van der Waals surface area contributed by atoms with Gasteiger partial charge in [0.1, 0.15) is 16.5 Å². The van der Waals surface area contributed by atoms with E-state index in [0.29, 0.717) is 18.4 Å². The first kappa shape index (κ1) is 24.1. The Labute approximate surface area is 186 Å². The number of hydrogen-bond donors (Lipinski definition) is 3. The van der Waals surface area contributed by atoms with Gasteiger partial charge in [0, 0.05) is 6.54 Å². The highest BCUT2D eigenvalue weighted by molar-refractivity contribution is 7.89. The number of carbonyl (C=O) groups excluding carboxylic acids is 1. The molecule has 0 unspecified atom stereocenters. The number of sulfonamides is 1. The summed E-state index contributed by atoms with van der Waals surface area (Å²) in [5, 5.41) is 12.5. The van der Waals surface area contributed by atoms with Crippen molar-refractivity contribution in [2.24, 2.45) is 0 Å². The molecule has 10 heteroatoms. The molecular weight excluding hydrogens is 439 g/mol. The van der Waals surface area contributed by atoms with E-state index in [0.717, 1.165) is 0 Å². The fourth-order valence-corrected chi connectivity index (χ4v) is 5.12. The first-order valence-corrected chi connectivity index (χ1v) is 11.7. The standard InChI is InChI=1S/C22H27FN2O6S/c1-30-19-7-2-3-8-21(19)32(28,29)25-18-10-9-17(31-20(18)14-26)12-22(27)24-13-15-5-4-6-16(23)11-15/h2-8,11,17-18,20,25-26H,9-10,12-14H2,1H3,(H,24,27)/t17-,18-,20-/m1/s1. The molecule has 2 aromatic carbocycles. The van der Waals surface area contributed by atoms with E-state index in [1.807, 2.05) is 0 Å². The van der Waals surface area contributed by atoms with E-state index in [1.54, 1.807) is 30.3 Å². The summed E-state index contributed by atoms with van der Waals surface area (Å²) in [6.45, 7) is -0.214. The minimum absolute atomic E-state index is 0.00182. The van der Waals surface area contributed by atoms with Crippen molar-refractivity contribution in [2.45, 2.75) is 49.0 Å². The van der Waals surface area contributed by atoms with Gasteiger partial charge in [0.25, 0.3) is 0 Å². The van der Waals surface area contributed by atoms with Crippen molar-refractivity contribution in [3.8, 4) is 5.75 Å². The molecule has 1 saturated heterocycles. The van der Waals surface area contributed by atoms with Gasteiger partial charge in [-0.2, -0.15) is 0 Å². The Morgan fingerprint density at radius 3 is 2.72 bits per heavy atom. The lowest BCUT2D eigenvalue weighted by atomic mass is 9.98. The molecule has 2 aromatic rings. The number of ether oxygens (including phenoxy) is 2. The Morgan fingerprint density at radius 1 is 1.22 bits per heavy atom. The van der Waals surface area contributed by atoms with Crippen LogP contribution in [-0.2, 0) is 26.1 Å². The molecule has 1 aliphatic heterocycles. The second-order valence-corrected chi connectivity index (χ2v) is 9.23. The van der Waals surface area contributed by atoms with Crippen molar-refractivity contribution in [3.05, 3.63) is 59.9 Å². The molecule has 0 bridgehead atoms. The molecule has 0 aromatic heterocycles. The van der Waals surface area contributed by atoms with Crippen LogP contribution in [0.25, 0.3) is 0 Å². The van der Waals surface area contributed by atoms with Crippen molar-refractivity contribution >= 4 is 15.9 Å². The number of halogens is 1. The van der Waals surface area contributed by atoms with Crippen LogP contribution in [0.3, 0.4) is 0 Å². The third kappa shape index (κ3) is 6.26. The molecule has 1 fully saturated rings. The zero-order chi connectivity index (χ0) is 23.1. The number of aliphatic hydroxyl groups is 1. The monoisotopic (exact) mass is 466 g/mol. The van der Waals surface area contributed by atoms with Crippen LogP contribution >= 0.6 is 0 Å². The molecule has 3 atom stereocenters. The van der Waals surface area contributed by atoms with Gasteiger partial charge in [-0.05, 0) is 42.7 Å². The summed E-state index contributed by atoms with van der Waals surface area (Å²) in [5.74, 6) is -0.436. The lowest BCUT2D eigenvalue weighted by Crippen LogP contribution is -2.51. The average molecular weight is 467 g/mol. The molecule has 0 saturated carbocycles. The zero-order valence-electron chi connectivity index (χ0n) is 17.7. The molecule has 3 rings (SSSR count). The van der Waals surface area contributed by atoms with Crippen LogP contribution in [-0.4, -0.2) is 51.4 Å². The van der Waals surface area contributed by atoms with E-state index < -0.39 is 34.9 Å². The number of hydrogen-bond acceptors (Lipinski definition) is 6. The van der Waals surface area contributed by atoms with Crippen molar-refractivity contribution in [1.82, 2.24) is 10.0 Å². The summed E-state index contributed by atoms with van der Waals surface area (Å²) < 4.78 is 52.4. The Kier molecular flexibility index (Phi) is 8.19. The number of aliphatic hydroxyl groups excluding tert-OH is 1. The highest BCUT2D eigenvalue weighted by Gasteiger charge is 2.35. The maximum atomic E-state index is 13.2. The van der Waals surface area contributed by atoms with Gasteiger partial charge in [0.2, 0.25) is 15.9 Å². The first-order chi connectivity index (χ1) is 15.3. The molecular formula is C22H27FN2O6S. The Morgan fingerprint density at radius 2 is 2.00 bits per heavy atom. The summed E-state index contributed by atoms with van der Waals surface area (Å²) in [6.07, 6.45) is -0.386. The van der Waals surface area contributed by atoms with Crippen LogP contribution < -0.4 is 14.8 Å². The second-order valence-electron chi connectivity index (χ2n) is 7.55. The summed E-state index contributed by atoms with van der Waals surface area (Å²) in [7, 11) is -2.52. The van der Waals surface area contributed by atoms with Gasteiger partial charge in [0.15, 0.2) is 0 Å². The largest absolute Gasteiger partial charge is 0.495 e. The Hall–Kier alpha value is -2.53. The molecule has 1 heterocycles. The van der Waals surface area contributed by atoms with E-state index in [9.17, 15) is 22.7 Å². The fraction of sp³-hybridized carbons (Fsp3) is 0.409. The molecule has 1 aliphatic rings. The van der Waals surface area contributed by atoms with E-state index in [1.165, 1.54) is 25.3 Å². The van der Waals surface area contributed by atoms with Crippen molar-refractivity contribution in [2.75, 3.05) is 13.7 Å². The van der Waals surface area contributed by atoms with Crippen molar-refractivity contribution in [1.29, 1.82) is 0 Å². The normalized spacial score (nSPS) is 21.2. The van der Waals surface area contributed by atoms with Crippen LogP contribution in [0.15, 0.2) is 53.4 Å². The molecule has 8 nitrogen and oxygen atoms in total. The molecule has 174 valence electrons. The van der Waals surface area contributed by atoms with Crippen LogP contribution in [0, 0.1) is 5.82 Å². The molecule has 32 heavy (non-hydrogen) atoms. The van der Waals surface area contributed by atoms with Gasteiger partial charge in [-0.15, -0.1) is 0 Å². The summed E-state index contributed by atoms with van der Waals surface area (Å²) >= 11 is 0. The zero-order valence-corrected chi connectivity index (χ0v) is 18.5. The topological polar surface area (TPSA) is 114 Å². The van der Waals surface area contributed by atoms with Crippen LogP contribution in [0.1, 0.15) is 24.8 Å². The van der Waals surface area contributed by atoms with Crippen molar-refractivity contribution < 1.29 is 32.2 Å². The predicted molar refractivity (Wildman–Crippen MR) is 115 cm³/mol. The molecule has 3 N–H and O–H groups in total. The lowest BCUT2D eigenvalue weighted by molar-refractivity contribution is -0.130. The van der Waals surface area contributed by atoms with Gasteiger partial charge in [-0.3, -0.25) is 4.79 Å². The van der Waals surface area contributed by atoms with E-state index >= 15 is 0 Å². The SMILES string of the molecule is COc1ccccc1S(=O)(=O)N[C@@H]1CC[C@H](CC(=O)NCc2cccc(F)c2)O[C@@H]1CO. The second kappa shape index (κ2) is 10.9. The number of carbonyl (C=O) groups is 1. The third-order valence-corrected chi connectivity index (χ3v) is 6.78. The maximum Gasteiger partial charge on any atom is 0.244 e. The summed E-state index contributed by atoms with van der Waals surface area (Å²) in [4.78, 5) is 12.3. The quantitative estimate of drug-likeness (QED) is 0.519. The van der Waals surface area contributed by atoms with E-state index in [-0.39, 0.29) is 35.3 Å². The van der Waals surface area contributed by atoms with Gasteiger partial charge in [-0.25, -0.2) is 17.5 Å².